The third-order valence-electron chi connectivity index (χ3n) is 2.78. The first-order valence-corrected chi connectivity index (χ1v) is 6.43. The van der Waals surface area contributed by atoms with Crippen LogP contribution in [-0.2, 0) is 6.42 Å². The molecule has 0 radical (unpaired) electrons. The molecule has 0 aromatic heterocycles. The first kappa shape index (κ1) is 10.1. The average Bonchev–Trinajstić information content (AvgIpc) is 2.14. The van der Waals surface area contributed by atoms with Gasteiger partial charge in [-0.1, -0.05) is 24.3 Å². The normalized spacial score (nSPS) is 16.6. The maximum absolute atomic E-state index is 5.54. The minimum atomic E-state index is 0.799. The third-order valence-corrected chi connectivity index (χ3v) is 4.06. The Balaban J connectivity index is 2.11. The lowest BCUT2D eigenvalue weighted by atomic mass is 9.94. The van der Waals surface area contributed by atoms with Crippen molar-refractivity contribution in [3.05, 3.63) is 35.4 Å². The summed E-state index contributed by atoms with van der Waals surface area (Å²) >= 11 is 2.05. The van der Waals surface area contributed by atoms with Gasteiger partial charge in [-0.3, -0.25) is 0 Å². The number of nitrogens with two attached hydrogens (primary N) is 1. The van der Waals surface area contributed by atoms with Crippen LogP contribution in [0.3, 0.4) is 0 Å². The van der Waals surface area contributed by atoms with E-state index in [0.29, 0.717) is 0 Å². The highest BCUT2D eigenvalue weighted by molar-refractivity contribution is 8.00. The lowest BCUT2D eigenvalue weighted by Gasteiger charge is -2.27. The molecule has 0 bridgehead atoms. The minimum Gasteiger partial charge on any atom is -0.330 e. The van der Waals surface area contributed by atoms with Crippen molar-refractivity contribution in [2.45, 2.75) is 18.8 Å². The summed E-state index contributed by atoms with van der Waals surface area (Å²) in [6.07, 6.45) is 2.25. The van der Waals surface area contributed by atoms with Crippen LogP contribution in [0.15, 0.2) is 24.3 Å². The molecular formula is C12H17NS. The zero-order valence-corrected chi connectivity index (χ0v) is 9.22. The highest BCUT2D eigenvalue weighted by atomic mass is 32.2. The molecule has 76 valence electrons. The molecule has 2 rings (SSSR count). The topological polar surface area (TPSA) is 26.0 Å². The molecule has 0 saturated carbocycles. The van der Waals surface area contributed by atoms with Crippen LogP contribution in [0.1, 0.15) is 23.5 Å². The fourth-order valence-corrected chi connectivity index (χ4v) is 2.70. The summed E-state index contributed by atoms with van der Waals surface area (Å²) in [6.45, 7) is 0.799. The summed E-state index contributed by atoms with van der Waals surface area (Å²) in [4.78, 5) is 0. The van der Waals surface area contributed by atoms with Crippen molar-refractivity contribution in [3.8, 4) is 0 Å². The summed E-state index contributed by atoms with van der Waals surface area (Å²) in [5.74, 6) is 3.42. The van der Waals surface area contributed by atoms with Crippen molar-refractivity contribution in [3.63, 3.8) is 0 Å². The number of hydrogen-bond donors (Lipinski definition) is 1. The molecule has 14 heavy (non-hydrogen) atoms. The van der Waals surface area contributed by atoms with Crippen LogP contribution in [0.2, 0.25) is 0 Å². The Morgan fingerprint density at radius 3 is 2.71 bits per heavy atom. The Kier molecular flexibility index (Phi) is 3.49. The van der Waals surface area contributed by atoms with Crippen LogP contribution >= 0.6 is 11.8 Å². The van der Waals surface area contributed by atoms with E-state index in [2.05, 4.69) is 24.3 Å². The molecule has 1 aromatic rings. The average molecular weight is 207 g/mol. The molecule has 1 fully saturated rings. The third kappa shape index (κ3) is 2.12. The molecule has 1 aliphatic heterocycles. The van der Waals surface area contributed by atoms with Gasteiger partial charge < -0.3 is 5.73 Å². The van der Waals surface area contributed by atoms with Crippen molar-refractivity contribution in [2.24, 2.45) is 5.73 Å². The second-order valence-electron chi connectivity index (χ2n) is 3.83. The molecule has 1 saturated heterocycles. The van der Waals surface area contributed by atoms with Crippen LogP contribution < -0.4 is 5.73 Å². The molecule has 0 amide bonds. The van der Waals surface area contributed by atoms with Gasteiger partial charge in [0.15, 0.2) is 0 Å². The summed E-state index contributed by atoms with van der Waals surface area (Å²) in [5.41, 5.74) is 8.63. The zero-order valence-electron chi connectivity index (χ0n) is 8.41. The molecule has 1 nitrogen and oxygen atoms in total. The fourth-order valence-electron chi connectivity index (χ4n) is 1.87. The largest absolute Gasteiger partial charge is 0.330 e. The summed E-state index contributed by atoms with van der Waals surface area (Å²) in [5, 5.41) is 0. The molecule has 1 heterocycles. The number of benzene rings is 1. The van der Waals surface area contributed by atoms with E-state index < -0.39 is 0 Å². The standard InChI is InChI=1S/C12H17NS/c13-7-3-5-10-4-1-2-6-12(10)11-8-14-9-11/h1-2,4,6,11H,3,5,7-9,13H2. The van der Waals surface area contributed by atoms with Gasteiger partial charge >= 0.3 is 0 Å². The molecule has 0 unspecified atom stereocenters. The number of hydrogen-bond acceptors (Lipinski definition) is 2. The summed E-state index contributed by atoms with van der Waals surface area (Å²) < 4.78 is 0. The van der Waals surface area contributed by atoms with Gasteiger partial charge in [0, 0.05) is 17.4 Å². The zero-order chi connectivity index (χ0) is 9.80. The lowest BCUT2D eigenvalue weighted by Crippen LogP contribution is -2.17. The SMILES string of the molecule is NCCCc1ccccc1C1CSC1. The van der Waals surface area contributed by atoms with E-state index in [9.17, 15) is 0 Å². The highest BCUT2D eigenvalue weighted by Crippen LogP contribution is 2.35. The quantitative estimate of drug-likeness (QED) is 0.820. The van der Waals surface area contributed by atoms with E-state index in [1.54, 1.807) is 5.56 Å². The highest BCUT2D eigenvalue weighted by Gasteiger charge is 2.21. The van der Waals surface area contributed by atoms with Crippen molar-refractivity contribution in [2.75, 3.05) is 18.1 Å². The Morgan fingerprint density at radius 1 is 1.29 bits per heavy atom. The van der Waals surface area contributed by atoms with Gasteiger partial charge in [-0.15, -0.1) is 0 Å². The number of thioether (sulfide) groups is 1. The molecule has 2 N–H and O–H groups in total. The molecule has 0 spiro atoms. The van der Waals surface area contributed by atoms with Crippen LogP contribution in [0.25, 0.3) is 0 Å². The molecule has 1 aliphatic rings. The first-order chi connectivity index (χ1) is 6.92. The van der Waals surface area contributed by atoms with Crippen molar-refractivity contribution < 1.29 is 0 Å². The maximum Gasteiger partial charge on any atom is 0.00225 e. The summed E-state index contributed by atoms with van der Waals surface area (Å²) in [7, 11) is 0. The van der Waals surface area contributed by atoms with Crippen LogP contribution in [0, 0.1) is 0 Å². The predicted molar refractivity (Wildman–Crippen MR) is 63.9 cm³/mol. The lowest BCUT2D eigenvalue weighted by molar-refractivity contribution is 0.785. The second-order valence-corrected chi connectivity index (χ2v) is 4.90. The van der Waals surface area contributed by atoms with Crippen LogP contribution in [-0.4, -0.2) is 18.1 Å². The van der Waals surface area contributed by atoms with E-state index in [1.165, 1.54) is 17.1 Å². The molecule has 0 aliphatic carbocycles. The molecule has 0 atom stereocenters. The molecular weight excluding hydrogens is 190 g/mol. The Hall–Kier alpha value is -0.470. The van der Waals surface area contributed by atoms with E-state index in [1.807, 2.05) is 11.8 Å². The van der Waals surface area contributed by atoms with Gasteiger partial charge in [0.2, 0.25) is 0 Å². The maximum atomic E-state index is 5.54. The fraction of sp³-hybridized carbons (Fsp3) is 0.500. The Labute approximate surface area is 90.1 Å². The predicted octanol–water partition coefficient (Wildman–Crippen LogP) is 2.41. The van der Waals surface area contributed by atoms with Crippen molar-refractivity contribution >= 4 is 11.8 Å². The van der Waals surface area contributed by atoms with Crippen LogP contribution in [0.4, 0.5) is 0 Å². The monoisotopic (exact) mass is 207 g/mol. The molecule has 1 aromatic carbocycles. The van der Waals surface area contributed by atoms with Gasteiger partial charge in [0.25, 0.3) is 0 Å². The van der Waals surface area contributed by atoms with E-state index in [-0.39, 0.29) is 0 Å². The number of aryl methyl sites for hydroxylation is 1. The van der Waals surface area contributed by atoms with E-state index in [0.717, 1.165) is 25.3 Å². The Bertz CT molecular complexity index is 294. The first-order valence-electron chi connectivity index (χ1n) is 5.27. The van der Waals surface area contributed by atoms with Gasteiger partial charge in [0.1, 0.15) is 0 Å². The van der Waals surface area contributed by atoms with E-state index >= 15 is 0 Å². The van der Waals surface area contributed by atoms with Gasteiger partial charge in [-0.25, -0.2) is 0 Å². The van der Waals surface area contributed by atoms with Crippen molar-refractivity contribution in [1.29, 1.82) is 0 Å². The smallest absolute Gasteiger partial charge is 0.00225 e. The van der Waals surface area contributed by atoms with E-state index in [4.69, 9.17) is 5.73 Å². The number of rotatable bonds is 4. The molecule has 2 heteroatoms. The van der Waals surface area contributed by atoms with Crippen molar-refractivity contribution in [1.82, 2.24) is 0 Å². The van der Waals surface area contributed by atoms with Gasteiger partial charge in [-0.2, -0.15) is 11.8 Å². The Morgan fingerprint density at radius 2 is 2.07 bits per heavy atom. The minimum absolute atomic E-state index is 0.799. The summed E-state index contributed by atoms with van der Waals surface area (Å²) in [6, 6.07) is 8.84. The second kappa shape index (κ2) is 4.85. The van der Waals surface area contributed by atoms with Gasteiger partial charge in [0.05, 0.1) is 0 Å². The van der Waals surface area contributed by atoms with Crippen LogP contribution in [0.5, 0.6) is 0 Å². The van der Waals surface area contributed by atoms with Gasteiger partial charge in [-0.05, 0) is 30.5 Å².